The standard InChI is InChI=1S/C3H7FOS/c1-3(2)6(4)5/h3H,1-2H3. The Labute approximate surface area is 39.3 Å². The Bertz CT molecular complexity index is 61.8. The van der Waals surface area contributed by atoms with Gasteiger partial charge in [-0.1, -0.05) is 0 Å². The summed E-state index contributed by atoms with van der Waals surface area (Å²) in [4.78, 5) is 0. The van der Waals surface area contributed by atoms with E-state index < -0.39 is 11.2 Å². The largest absolute Gasteiger partial charge is 0.224 e. The molecular weight excluding hydrogens is 103 g/mol. The highest BCUT2D eigenvalue weighted by atomic mass is 32.2. The minimum Gasteiger partial charge on any atom is -0.224 e. The maximum absolute atomic E-state index is 11.3. The summed E-state index contributed by atoms with van der Waals surface area (Å²) in [7, 11) is 0. The zero-order valence-electron chi connectivity index (χ0n) is 3.77. The van der Waals surface area contributed by atoms with Crippen molar-refractivity contribution in [1.82, 2.24) is 0 Å². The van der Waals surface area contributed by atoms with E-state index in [0.717, 1.165) is 0 Å². The predicted octanol–water partition coefficient (Wildman–Crippen LogP) is 1.03. The van der Waals surface area contributed by atoms with Crippen molar-refractivity contribution >= 4 is 11.2 Å². The molecular formula is C3H7FOS. The molecule has 0 aromatic heterocycles. The molecule has 1 atom stereocenters. The quantitative estimate of drug-likeness (QED) is 0.461. The molecule has 0 aromatic rings. The molecule has 0 aliphatic rings. The van der Waals surface area contributed by atoms with Crippen molar-refractivity contribution in [3.8, 4) is 0 Å². The number of hydrogen-bond acceptors (Lipinski definition) is 1. The fourth-order valence-corrected chi connectivity index (χ4v) is 0. The van der Waals surface area contributed by atoms with Crippen molar-refractivity contribution < 1.29 is 8.09 Å². The van der Waals surface area contributed by atoms with Gasteiger partial charge in [-0.05, 0) is 13.8 Å². The monoisotopic (exact) mass is 110 g/mol. The summed E-state index contributed by atoms with van der Waals surface area (Å²) in [5.74, 6) is 0. The van der Waals surface area contributed by atoms with Gasteiger partial charge in [0.2, 0.25) is 11.2 Å². The summed E-state index contributed by atoms with van der Waals surface area (Å²) < 4.78 is 20.9. The fourth-order valence-electron chi connectivity index (χ4n) is 0. The van der Waals surface area contributed by atoms with Crippen LogP contribution >= 0.6 is 0 Å². The first kappa shape index (κ1) is 6.08. The predicted molar refractivity (Wildman–Crippen MR) is 24.4 cm³/mol. The highest BCUT2D eigenvalue weighted by Gasteiger charge is 1.98. The second kappa shape index (κ2) is 2.29. The van der Waals surface area contributed by atoms with E-state index in [9.17, 15) is 8.09 Å². The van der Waals surface area contributed by atoms with Gasteiger partial charge in [0.1, 0.15) is 0 Å². The molecule has 0 spiro atoms. The van der Waals surface area contributed by atoms with E-state index in [2.05, 4.69) is 0 Å². The lowest BCUT2D eigenvalue weighted by Gasteiger charge is -1.87. The first-order valence-electron chi connectivity index (χ1n) is 1.71. The Morgan fingerprint density at radius 2 is 1.83 bits per heavy atom. The molecule has 1 nitrogen and oxygen atoms in total. The van der Waals surface area contributed by atoms with Crippen molar-refractivity contribution in [1.29, 1.82) is 0 Å². The molecule has 0 aromatic carbocycles. The van der Waals surface area contributed by atoms with Gasteiger partial charge in [-0.3, -0.25) is 0 Å². The molecule has 0 N–H and O–H groups in total. The topological polar surface area (TPSA) is 17.1 Å². The Kier molecular flexibility index (Phi) is 2.32. The molecule has 3 heteroatoms. The molecule has 0 radical (unpaired) electrons. The fraction of sp³-hybridized carbons (Fsp3) is 1.00. The van der Waals surface area contributed by atoms with E-state index in [1.807, 2.05) is 0 Å². The summed E-state index contributed by atoms with van der Waals surface area (Å²) in [6.45, 7) is 3.13. The first-order valence-corrected chi connectivity index (χ1v) is 2.82. The first-order chi connectivity index (χ1) is 2.64. The summed E-state index contributed by atoms with van der Waals surface area (Å²) in [5.41, 5.74) is 0. The van der Waals surface area contributed by atoms with Gasteiger partial charge >= 0.3 is 0 Å². The molecule has 6 heavy (non-hydrogen) atoms. The minimum absolute atomic E-state index is 0.343. The number of halogens is 1. The average Bonchev–Trinajstić information content (AvgIpc) is 1.36. The van der Waals surface area contributed by atoms with Crippen molar-refractivity contribution in [2.75, 3.05) is 0 Å². The smallest absolute Gasteiger partial charge is 0.201 e. The van der Waals surface area contributed by atoms with Crippen LogP contribution in [0, 0.1) is 0 Å². The maximum Gasteiger partial charge on any atom is 0.201 e. The molecule has 0 amide bonds. The van der Waals surface area contributed by atoms with Crippen LogP contribution in [0.2, 0.25) is 0 Å². The molecule has 0 saturated carbocycles. The summed E-state index contributed by atoms with van der Waals surface area (Å²) >= 11 is -2.12. The van der Waals surface area contributed by atoms with E-state index in [-0.39, 0.29) is 5.25 Å². The third kappa shape index (κ3) is 2.33. The maximum atomic E-state index is 11.3. The Hall–Kier alpha value is 0.0800. The Morgan fingerprint density at radius 3 is 1.83 bits per heavy atom. The van der Waals surface area contributed by atoms with E-state index in [1.165, 1.54) is 0 Å². The highest BCUT2D eigenvalue weighted by Crippen LogP contribution is 1.91. The van der Waals surface area contributed by atoms with Crippen molar-refractivity contribution in [3.63, 3.8) is 0 Å². The van der Waals surface area contributed by atoms with Gasteiger partial charge < -0.3 is 0 Å². The van der Waals surface area contributed by atoms with Crippen LogP contribution in [0.25, 0.3) is 0 Å². The van der Waals surface area contributed by atoms with Crippen LogP contribution in [0.15, 0.2) is 0 Å². The highest BCUT2D eigenvalue weighted by molar-refractivity contribution is 7.80. The van der Waals surface area contributed by atoms with Crippen LogP contribution in [0.5, 0.6) is 0 Å². The van der Waals surface area contributed by atoms with Crippen LogP contribution in [0.4, 0.5) is 3.89 Å². The van der Waals surface area contributed by atoms with Crippen molar-refractivity contribution in [2.24, 2.45) is 0 Å². The lowest BCUT2D eigenvalue weighted by atomic mass is 10.6. The zero-order valence-corrected chi connectivity index (χ0v) is 4.59. The average molecular weight is 110 g/mol. The third-order valence-electron chi connectivity index (χ3n) is 0.371. The van der Waals surface area contributed by atoms with Gasteiger partial charge in [0, 0.05) is 0 Å². The van der Waals surface area contributed by atoms with Gasteiger partial charge in [-0.25, -0.2) is 4.21 Å². The summed E-state index contributed by atoms with van der Waals surface area (Å²) in [5, 5.41) is -0.343. The second-order valence-corrected chi connectivity index (χ2v) is 2.74. The normalized spacial score (nSPS) is 15.3. The Morgan fingerprint density at radius 1 is 1.67 bits per heavy atom. The van der Waals surface area contributed by atoms with Gasteiger partial charge in [0.05, 0.1) is 5.25 Å². The summed E-state index contributed by atoms with van der Waals surface area (Å²) in [6.07, 6.45) is 0. The molecule has 0 fully saturated rings. The Balaban J connectivity index is 3.26. The molecule has 0 aliphatic heterocycles. The van der Waals surface area contributed by atoms with Crippen LogP contribution in [0.1, 0.15) is 13.8 Å². The van der Waals surface area contributed by atoms with Crippen LogP contribution in [0.3, 0.4) is 0 Å². The van der Waals surface area contributed by atoms with Crippen molar-refractivity contribution in [2.45, 2.75) is 19.1 Å². The van der Waals surface area contributed by atoms with E-state index in [1.54, 1.807) is 13.8 Å². The molecule has 0 heterocycles. The third-order valence-corrected chi connectivity index (χ3v) is 1.11. The SMILES string of the molecule is CC(C)S(=O)F. The van der Waals surface area contributed by atoms with Gasteiger partial charge in [0.25, 0.3) is 0 Å². The van der Waals surface area contributed by atoms with E-state index in [0.29, 0.717) is 0 Å². The lowest BCUT2D eigenvalue weighted by Crippen LogP contribution is -1.96. The van der Waals surface area contributed by atoms with Crippen LogP contribution < -0.4 is 0 Å². The number of hydrogen-bond donors (Lipinski definition) is 0. The van der Waals surface area contributed by atoms with Crippen LogP contribution in [-0.4, -0.2) is 9.46 Å². The molecule has 0 rings (SSSR count). The molecule has 1 unspecified atom stereocenters. The lowest BCUT2D eigenvalue weighted by molar-refractivity contribution is 0.640. The van der Waals surface area contributed by atoms with Gasteiger partial charge in [-0.2, -0.15) is 0 Å². The van der Waals surface area contributed by atoms with Gasteiger partial charge in [-0.15, -0.1) is 3.89 Å². The molecule has 0 saturated heterocycles. The number of rotatable bonds is 1. The second-order valence-electron chi connectivity index (χ2n) is 1.30. The van der Waals surface area contributed by atoms with Crippen molar-refractivity contribution in [3.05, 3.63) is 0 Å². The summed E-state index contributed by atoms with van der Waals surface area (Å²) in [6, 6.07) is 0. The zero-order chi connectivity index (χ0) is 5.15. The van der Waals surface area contributed by atoms with Gasteiger partial charge in [0.15, 0.2) is 0 Å². The molecule has 38 valence electrons. The molecule has 0 aliphatic carbocycles. The molecule has 0 bridgehead atoms. The van der Waals surface area contributed by atoms with E-state index in [4.69, 9.17) is 0 Å². The minimum atomic E-state index is -2.12. The van der Waals surface area contributed by atoms with Crippen LogP contribution in [-0.2, 0) is 11.2 Å². The van der Waals surface area contributed by atoms with E-state index >= 15 is 0 Å².